The van der Waals surface area contributed by atoms with Crippen molar-refractivity contribution in [1.29, 1.82) is 0 Å². The van der Waals surface area contributed by atoms with Gasteiger partial charge in [-0.3, -0.25) is 5.01 Å². The van der Waals surface area contributed by atoms with Crippen LogP contribution in [0.1, 0.15) is 61.8 Å². The van der Waals surface area contributed by atoms with Crippen molar-refractivity contribution in [3.05, 3.63) is 126 Å². The average molecular weight is 526 g/mol. The predicted molar refractivity (Wildman–Crippen MR) is 167 cm³/mol. The first kappa shape index (κ1) is 25.8. The number of anilines is 1. The van der Waals surface area contributed by atoms with Gasteiger partial charge in [0.1, 0.15) is 0 Å². The van der Waals surface area contributed by atoms with Gasteiger partial charge < -0.3 is 4.57 Å². The molecule has 5 heteroatoms. The lowest BCUT2D eigenvalue weighted by molar-refractivity contribution is 0.593. The van der Waals surface area contributed by atoms with Crippen molar-refractivity contribution in [1.82, 2.24) is 9.55 Å². The lowest BCUT2D eigenvalue weighted by atomic mass is 9.98. The number of fused-ring (bicyclic) bond motifs is 1. The molecule has 1 aromatic heterocycles. The minimum absolute atomic E-state index is 0.156. The summed E-state index contributed by atoms with van der Waals surface area (Å²) in [7, 11) is 0. The molecule has 0 fully saturated rings. The molecule has 1 unspecified atom stereocenters. The molecule has 0 aliphatic carbocycles. The van der Waals surface area contributed by atoms with Gasteiger partial charge in [-0.25, -0.2) is 9.98 Å². The van der Waals surface area contributed by atoms with Gasteiger partial charge >= 0.3 is 0 Å². The molecule has 2 heterocycles. The molecule has 5 nitrogen and oxygen atoms in total. The molecule has 6 rings (SSSR count). The first-order valence-corrected chi connectivity index (χ1v) is 14.4. The Balaban J connectivity index is 1.25. The molecule has 0 amide bonds. The van der Waals surface area contributed by atoms with Gasteiger partial charge in [0.2, 0.25) is 5.95 Å². The van der Waals surface area contributed by atoms with Crippen LogP contribution in [0.5, 0.6) is 0 Å². The van der Waals surface area contributed by atoms with Crippen LogP contribution in [0.4, 0.5) is 11.6 Å². The van der Waals surface area contributed by atoms with Gasteiger partial charge in [-0.1, -0.05) is 111 Å². The van der Waals surface area contributed by atoms with Crippen LogP contribution in [0.2, 0.25) is 0 Å². The molecular weight excluding hydrogens is 490 g/mol. The second kappa shape index (κ2) is 12.1. The van der Waals surface area contributed by atoms with Crippen LogP contribution in [0.25, 0.3) is 11.0 Å². The monoisotopic (exact) mass is 525 g/mol. The Kier molecular flexibility index (Phi) is 7.80. The third-order valence-electron chi connectivity index (χ3n) is 7.56. The van der Waals surface area contributed by atoms with E-state index >= 15 is 0 Å². The highest BCUT2D eigenvalue weighted by atomic mass is 15.5. The van der Waals surface area contributed by atoms with E-state index in [0.717, 1.165) is 53.3 Å². The Bertz CT molecular complexity index is 1600. The topological polar surface area (TPSA) is 45.8 Å². The number of aromatic nitrogens is 2. The maximum absolute atomic E-state index is 5.09. The van der Waals surface area contributed by atoms with Gasteiger partial charge in [0.25, 0.3) is 0 Å². The number of unbranched alkanes of at least 4 members (excludes halogenated alkanes) is 3. The molecule has 1 aliphatic rings. The quantitative estimate of drug-likeness (QED) is 0.135. The summed E-state index contributed by atoms with van der Waals surface area (Å²) in [5.74, 6) is 0.766. The van der Waals surface area contributed by atoms with Crippen LogP contribution in [0, 0.1) is 0 Å². The molecule has 0 spiro atoms. The molecule has 0 bridgehead atoms. The SMILES string of the molecule is CCCCCCn1c(N=Cc2ccc(N3N=C(c4ccccc4)CC3c3ccccc3)cc2)nc2ccccc21. The molecule has 1 aliphatic heterocycles. The molecule has 0 saturated carbocycles. The van der Waals surface area contributed by atoms with Gasteiger partial charge in [-0.05, 0) is 47.4 Å². The second-order valence-electron chi connectivity index (χ2n) is 10.4. The van der Waals surface area contributed by atoms with Crippen LogP contribution in [-0.4, -0.2) is 21.5 Å². The average Bonchev–Trinajstić information content (AvgIpc) is 3.62. The van der Waals surface area contributed by atoms with E-state index in [9.17, 15) is 0 Å². The standard InChI is InChI=1S/C35H35N5/c1-2-3-4-13-24-39-33-19-12-11-18-31(33)37-35(39)36-26-27-20-22-30(23-21-27)40-34(29-16-9-6-10-17-29)25-32(38-40)28-14-7-5-8-15-28/h5-12,14-23,26,34H,2-4,13,24-25H2,1H3. The van der Waals surface area contributed by atoms with E-state index in [1.54, 1.807) is 0 Å². The third kappa shape index (κ3) is 5.59. The Morgan fingerprint density at radius 2 is 1.52 bits per heavy atom. The van der Waals surface area contributed by atoms with E-state index < -0.39 is 0 Å². The zero-order valence-corrected chi connectivity index (χ0v) is 23.0. The smallest absolute Gasteiger partial charge is 0.230 e. The number of aliphatic imine (C=N–C) groups is 1. The van der Waals surface area contributed by atoms with E-state index in [1.807, 2.05) is 18.3 Å². The summed E-state index contributed by atoms with van der Waals surface area (Å²) < 4.78 is 2.25. The predicted octanol–water partition coefficient (Wildman–Crippen LogP) is 8.72. The molecule has 0 N–H and O–H groups in total. The first-order valence-electron chi connectivity index (χ1n) is 14.4. The second-order valence-corrected chi connectivity index (χ2v) is 10.4. The number of aryl methyl sites for hydroxylation is 1. The van der Waals surface area contributed by atoms with Crippen molar-refractivity contribution in [2.45, 2.75) is 51.6 Å². The Labute approximate surface area is 236 Å². The van der Waals surface area contributed by atoms with Gasteiger partial charge in [-0.2, -0.15) is 5.10 Å². The lowest BCUT2D eigenvalue weighted by Gasteiger charge is -2.24. The first-order chi connectivity index (χ1) is 19.8. The lowest BCUT2D eigenvalue weighted by Crippen LogP contribution is -2.18. The molecule has 0 radical (unpaired) electrons. The number of para-hydroxylation sites is 2. The van der Waals surface area contributed by atoms with Gasteiger partial charge in [0, 0.05) is 19.2 Å². The molecule has 5 aromatic rings. The third-order valence-corrected chi connectivity index (χ3v) is 7.56. The maximum atomic E-state index is 5.09. The van der Waals surface area contributed by atoms with E-state index in [2.05, 4.69) is 114 Å². The molecule has 40 heavy (non-hydrogen) atoms. The summed E-state index contributed by atoms with van der Waals surface area (Å²) in [5.41, 5.74) is 7.80. The summed E-state index contributed by atoms with van der Waals surface area (Å²) in [6.45, 7) is 3.18. The van der Waals surface area contributed by atoms with Crippen LogP contribution in [-0.2, 0) is 6.54 Å². The van der Waals surface area contributed by atoms with Crippen molar-refractivity contribution in [3.63, 3.8) is 0 Å². The summed E-state index contributed by atoms with van der Waals surface area (Å²) in [6.07, 6.45) is 7.64. The highest BCUT2D eigenvalue weighted by molar-refractivity contribution is 6.03. The van der Waals surface area contributed by atoms with Crippen LogP contribution in [0.15, 0.2) is 119 Å². The molecule has 1 atom stereocenters. The number of imidazole rings is 1. The van der Waals surface area contributed by atoms with E-state index in [4.69, 9.17) is 15.1 Å². The van der Waals surface area contributed by atoms with Crippen molar-refractivity contribution in [2.75, 3.05) is 5.01 Å². The zero-order chi connectivity index (χ0) is 27.1. The number of rotatable bonds is 10. The molecule has 0 saturated heterocycles. The Morgan fingerprint density at radius 3 is 2.30 bits per heavy atom. The van der Waals surface area contributed by atoms with Gasteiger partial charge in [0.15, 0.2) is 0 Å². The minimum atomic E-state index is 0.156. The fraction of sp³-hybridized carbons (Fsp3) is 0.229. The summed E-state index contributed by atoms with van der Waals surface area (Å²) in [4.78, 5) is 9.67. The summed E-state index contributed by atoms with van der Waals surface area (Å²) >= 11 is 0. The molecule has 4 aromatic carbocycles. The maximum Gasteiger partial charge on any atom is 0.230 e. The number of hydrazone groups is 1. The number of hydrogen-bond acceptors (Lipinski definition) is 4. The summed E-state index contributed by atoms with van der Waals surface area (Å²) in [6, 6.07) is 38.1. The normalized spacial score (nSPS) is 15.3. The summed E-state index contributed by atoms with van der Waals surface area (Å²) in [5, 5.41) is 7.25. The zero-order valence-electron chi connectivity index (χ0n) is 23.0. The Morgan fingerprint density at radius 1 is 0.800 bits per heavy atom. The fourth-order valence-corrected chi connectivity index (χ4v) is 5.41. The van der Waals surface area contributed by atoms with Crippen molar-refractivity contribution < 1.29 is 0 Å². The van der Waals surface area contributed by atoms with Crippen molar-refractivity contribution in [2.24, 2.45) is 10.1 Å². The van der Waals surface area contributed by atoms with Crippen LogP contribution in [0.3, 0.4) is 0 Å². The fourth-order valence-electron chi connectivity index (χ4n) is 5.41. The highest BCUT2D eigenvalue weighted by Crippen LogP contribution is 2.36. The number of hydrogen-bond donors (Lipinski definition) is 0. The van der Waals surface area contributed by atoms with E-state index in [0.29, 0.717) is 0 Å². The number of benzene rings is 4. The molecular formula is C35H35N5. The van der Waals surface area contributed by atoms with Crippen molar-refractivity contribution in [3.8, 4) is 0 Å². The van der Waals surface area contributed by atoms with Gasteiger partial charge in [-0.15, -0.1) is 0 Å². The van der Waals surface area contributed by atoms with Crippen molar-refractivity contribution >= 4 is 34.6 Å². The number of nitrogens with zero attached hydrogens (tertiary/aromatic N) is 5. The van der Waals surface area contributed by atoms with Gasteiger partial charge in [0.05, 0.1) is 28.5 Å². The van der Waals surface area contributed by atoms with E-state index in [1.165, 1.54) is 30.4 Å². The Hall–Kier alpha value is -4.51. The van der Waals surface area contributed by atoms with Crippen LogP contribution < -0.4 is 5.01 Å². The highest BCUT2D eigenvalue weighted by Gasteiger charge is 2.29. The molecule has 200 valence electrons. The largest absolute Gasteiger partial charge is 0.308 e. The van der Waals surface area contributed by atoms with Crippen LogP contribution >= 0.6 is 0 Å². The van der Waals surface area contributed by atoms with E-state index in [-0.39, 0.29) is 6.04 Å². The minimum Gasteiger partial charge on any atom is -0.308 e.